The molecule has 12 heteroatoms. The zero-order valence-corrected chi connectivity index (χ0v) is 21.4. The van der Waals surface area contributed by atoms with Gasteiger partial charge in [-0.25, -0.2) is 9.50 Å². The summed E-state index contributed by atoms with van der Waals surface area (Å²) in [7, 11) is 1.17. The van der Waals surface area contributed by atoms with Gasteiger partial charge >= 0.3 is 12.1 Å². The molecule has 3 heterocycles. The van der Waals surface area contributed by atoms with Gasteiger partial charge in [0.25, 0.3) is 0 Å². The second kappa shape index (κ2) is 10.1. The molecular formula is C26H27ClF3N5O3. The molecular weight excluding hydrogens is 523 g/mol. The number of anilines is 2. The molecule has 1 N–H and O–H groups in total. The van der Waals surface area contributed by atoms with E-state index in [-0.39, 0.29) is 31.2 Å². The molecule has 8 nitrogen and oxygen atoms in total. The van der Waals surface area contributed by atoms with Crippen LogP contribution in [0.5, 0.6) is 0 Å². The summed E-state index contributed by atoms with van der Waals surface area (Å²) in [5.41, 5.74) is 3.03. The predicted octanol–water partition coefficient (Wildman–Crippen LogP) is 5.42. The summed E-state index contributed by atoms with van der Waals surface area (Å²) in [5.74, 6) is -2.71. The maximum Gasteiger partial charge on any atom is 0.413 e. The summed E-state index contributed by atoms with van der Waals surface area (Å²) in [5, 5.41) is 13.8. The van der Waals surface area contributed by atoms with Crippen LogP contribution in [0.15, 0.2) is 36.5 Å². The highest BCUT2D eigenvalue weighted by Gasteiger charge is 2.46. The van der Waals surface area contributed by atoms with Crippen LogP contribution in [0.3, 0.4) is 0 Å². The summed E-state index contributed by atoms with van der Waals surface area (Å²) >= 11 is 6.05. The number of halogens is 4. The lowest BCUT2D eigenvalue weighted by molar-refractivity contribution is -0.191. The van der Waals surface area contributed by atoms with Crippen molar-refractivity contribution in [2.75, 3.05) is 18.5 Å². The minimum Gasteiger partial charge on any atom is -0.481 e. The van der Waals surface area contributed by atoms with E-state index in [9.17, 15) is 27.9 Å². The van der Waals surface area contributed by atoms with Gasteiger partial charge in [0.15, 0.2) is 16.8 Å². The molecule has 0 saturated heterocycles. The number of carboxylic acids is 1. The third-order valence-corrected chi connectivity index (χ3v) is 7.79. The van der Waals surface area contributed by atoms with Crippen LogP contribution in [-0.4, -0.2) is 56.2 Å². The molecule has 38 heavy (non-hydrogen) atoms. The van der Waals surface area contributed by atoms with Crippen LogP contribution in [0, 0.1) is 11.8 Å². The smallest absolute Gasteiger partial charge is 0.413 e. The number of fused-ring (bicyclic) bond motifs is 3. The van der Waals surface area contributed by atoms with Crippen LogP contribution < -0.4 is 4.90 Å². The average Bonchev–Trinajstić information content (AvgIpc) is 3.28. The first-order chi connectivity index (χ1) is 18.0. The minimum atomic E-state index is -4.68. The van der Waals surface area contributed by atoms with Crippen LogP contribution in [0.4, 0.5) is 24.5 Å². The number of aliphatic carboxylic acids is 1. The highest BCUT2D eigenvalue weighted by atomic mass is 35.5. The van der Waals surface area contributed by atoms with Crippen LogP contribution in [-0.2, 0) is 16.0 Å². The molecule has 1 aliphatic carbocycles. The first-order valence-corrected chi connectivity index (χ1v) is 12.9. The molecule has 1 fully saturated rings. The van der Waals surface area contributed by atoms with Crippen molar-refractivity contribution in [1.29, 1.82) is 0 Å². The molecule has 0 unspecified atom stereocenters. The quantitative estimate of drug-likeness (QED) is 0.457. The number of hydrogen-bond donors (Lipinski definition) is 1. The first kappa shape index (κ1) is 26.3. The largest absolute Gasteiger partial charge is 0.481 e. The first-order valence-electron chi connectivity index (χ1n) is 12.5. The second-order valence-corrected chi connectivity index (χ2v) is 10.3. The molecule has 2 aliphatic rings. The Morgan fingerprint density at radius 3 is 2.42 bits per heavy atom. The molecule has 1 aromatic carbocycles. The molecule has 3 aromatic rings. The third-order valence-electron chi connectivity index (χ3n) is 7.61. The van der Waals surface area contributed by atoms with Gasteiger partial charge in [0.05, 0.1) is 23.5 Å². The topological polar surface area (TPSA) is 91.0 Å². The van der Waals surface area contributed by atoms with E-state index in [1.807, 2.05) is 4.90 Å². The number of aryl methyl sites for hydroxylation is 1. The number of carbonyl (C=O) groups excluding carboxylic acids is 1. The summed E-state index contributed by atoms with van der Waals surface area (Å²) in [6.45, 7) is 0.661. The number of alkyl halides is 3. The highest BCUT2D eigenvalue weighted by Crippen LogP contribution is 2.41. The maximum atomic E-state index is 14.2. The Morgan fingerprint density at radius 2 is 1.79 bits per heavy atom. The molecule has 5 rings (SSSR count). The van der Waals surface area contributed by atoms with Gasteiger partial charge in [0.1, 0.15) is 0 Å². The van der Waals surface area contributed by atoms with Gasteiger partial charge in [0, 0.05) is 31.3 Å². The van der Waals surface area contributed by atoms with Crippen LogP contribution in [0.25, 0.3) is 5.65 Å². The maximum absolute atomic E-state index is 14.2. The molecule has 2 aromatic heterocycles. The Balaban J connectivity index is 1.38. The number of hydrogen-bond acceptors (Lipinski definition) is 5. The molecule has 1 atom stereocenters. The number of aromatic nitrogens is 3. The standard InChI is InChI=1S/C26H27ClF3N5O3/c1-33(24(36)16-4-6-17(7-5-16)25(37)38)23(26(28,29)30)15-8-10-18(11-9-15)34-12-2-3-19-20(34)14-31-22-13-21(27)32-35(19)22/h8-11,13-14,16-17,23H,2-7,12H2,1H3,(H,37,38)/t16?,17?,23-/m0/s1. The molecule has 202 valence electrons. The predicted molar refractivity (Wildman–Crippen MR) is 134 cm³/mol. The minimum absolute atomic E-state index is 0.0407. The van der Waals surface area contributed by atoms with E-state index in [0.717, 1.165) is 29.1 Å². The number of benzene rings is 1. The number of carbonyl (C=O) groups is 2. The monoisotopic (exact) mass is 549 g/mol. The van der Waals surface area contributed by atoms with Crippen molar-refractivity contribution >= 4 is 40.5 Å². The molecule has 0 spiro atoms. The van der Waals surface area contributed by atoms with Crippen LogP contribution in [0.1, 0.15) is 49.4 Å². The normalized spacial score (nSPS) is 20.7. The fourth-order valence-electron chi connectivity index (χ4n) is 5.67. The summed E-state index contributed by atoms with van der Waals surface area (Å²) in [6, 6.07) is 5.62. The van der Waals surface area contributed by atoms with Crippen LogP contribution >= 0.6 is 11.6 Å². The van der Waals surface area contributed by atoms with E-state index in [1.165, 1.54) is 19.2 Å². The van der Waals surface area contributed by atoms with Gasteiger partial charge in [-0.3, -0.25) is 9.59 Å². The third kappa shape index (κ3) is 4.91. The SMILES string of the molecule is CN(C(=O)C1CCC(C(=O)O)CC1)[C@@H](c1ccc(N2CCCc3c2cnc2cc(Cl)nn32)cc1)C(F)(F)F. The fraction of sp³-hybridized carbons (Fsp3) is 0.462. The van der Waals surface area contributed by atoms with Crippen molar-refractivity contribution in [2.24, 2.45) is 11.8 Å². The Hall–Kier alpha value is -3.34. The van der Waals surface area contributed by atoms with E-state index in [4.69, 9.17) is 11.6 Å². The summed E-state index contributed by atoms with van der Waals surface area (Å²) in [4.78, 5) is 31.4. The second-order valence-electron chi connectivity index (χ2n) is 9.95. The molecule has 1 saturated carbocycles. The van der Waals surface area contributed by atoms with E-state index in [2.05, 4.69) is 10.1 Å². The van der Waals surface area contributed by atoms with Crippen molar-refractivity contribution in [3.8, 4) is 0 Å². The van der Waals surface area contributed by atoms with Crippen molar-refractivity contribution in [3.63, 3.8) is 0 Å². The van der Waals surface area contributed by atoms with Gasteiger partial charge in [0.2, 0.25) is 5.91 Å². The number of amides is 1. The molecule has 0 bridgehead atoms. The van der Waals surface area contributed by atoms with E-state index >= 15 is 0 Å². The van der Waals surface area contributed by atoms with Gasteiger partial charge in [-0.1, -0.05) is 23.7 Å². The van der Waals surface area contributed by atoms with Crippen molar-refractivity contribution in [1.82, 2.24) is 19.5 Å². The summed E-state index contributed by atoms with van der Waals surface area (Å²) in [6.07, 6.45) is -0.281. The number of nitrogens with zero attached hydrogens (tertiary/aromatic N) is 5. The number of carboxylic acid groups (broad SMARTS) is 1. The molecule has 0 radical (unpaired) electrons. The van der Waals surface area contributed by atoms with Gasteiger partial charge in [-0.15, -0.1) is 0 Å². The van der Waals surface area contributed by atoms with Gasteiger partial charge < -0.3 is 14.9 Å². The Labute approximate surface area is 222 Å². The zero-order valence-electron chi connectivity index (χ0n) is 20.7. The highest BCUT2D eigenvalue weighted by molar-refractivity contribution is 6.29. The fourth-order valence-corrected chi connectivity index (χ4v) is 5.84. The zero-order chi connectivity index (χ0) is 27.2. The van der Waals surface area contributed by atoms with Crippen molar-refractivity contribution in [2.45, 2.75) is 50.7 Å². The Kier molecular flexibility index (Phi) is 6.97. The average molecular weight is 550 g/mol. The Morgan fingerprint density at radius 1 is 1.13 bits per heavy atom. The van der Waals surface area contributed by atoms with E-state index < -0.39 is 35.9 Å². The van der Waals surface area contributed by atoms with Crippen molar-refractivity contribution < 1.29 is 27.9 Å². The lowest BCUT2D eigenvalue weighted by Crippen LogP contribution is -2.43. The van der Waals surface area contributed by atoms with E-state index in [0.29, 0.717) is 23.0 Å². The number of rotatable bonds is 5. The molecule has 1 amide bonds. The van der Waals surface area contributed by atoms with E-state index in [1.54, 1.807) is 28.9 Å². The van der Waals surface area contributed by atoms with Crippen LogP contribution in [0.2, 0.25) is 5.15 Å². The lowest BCUT2D eigenvalue weighted by atomic mass is 9.81. The molecule has 1 aliphatic heterocycles. The Bertz CT molecular complexity index is 1350. The lowest BCUT2D eigenvalue weighted by Gasteiger charge is -2.35. The van der Waals surface area contributed by atoms with Gasteiger partial charge in [-0.05, 0) is 56.2 Å². The van der Waals surface area contributed by atoms with Gasteiger partial charge in [-0.2, -0.15) is 18.3 Å². The summed E-state index contributed by atoms with van der Waals surface area (Å²) < 4.78 is 44.4. The van der Waals surface area contributed by atoms with Crippen molar-refractivity contribution in [3.05, 3.63) is 52.9 Å².